The summed E-state index contributed by atoms with van der Waals surface area (Å²) in [5.41, 5.74) is 0.182. The standard InChI is InChI=1S/C21H36N2O5Si2/c1-20(2,3)29(8,9)27-18(14-22)15-12-16(23(24)25)19(17(13-15)26-7)28-30(10,11)21(4,5)6/h12-13,18H,1-11H3. The lowest BCUT2D eigenvalue weighted by molar-refractivity contribution is -0.385. The first kappa shape index (κ1) is 26.1. The van der Waals surface area contributed by atoms with Crippen LogP contribution in [0.5, 0.6) is 11.5 Å². The van der Waals surface area contributed by atoms with Gasteiger partial charge in [-0.3, -0.25) is 10.1 Å². The fourth-order valence-electron chi connectivity index (χ4n) is 2.20. The average Bonchev–Trinajstić information content (AvgIpc) is 2.57. The lowest BCUT2D eigenvalue weighted by Gasteiger charge is -2.38. The van der Waals surface area contributed by atoms with Gasteiger partial charge in [0.2, 0.25) is 5.75 Å². The Kier molecular flexibility index (Phi) is 7.57. The van der Waals surface area contributed by atoms with Gasteiger partial charge >= 0.3 is 5.69 Å². The molecule has 0 aliphatic rings. The smallest absolute Gasteiger partial charge is 0.313 e. The van der Waals surface area contributed by atoms with Crippen molar-refractivity contribution in [3.8, 4) is 17.6 Å². The Morgan fingerprint density at radius 1 is 1.03 bits per heavy atom. The van der Waals surface area contributed by atoms with Crippen LogP contribution in [0.1, 0.15) is 53.2 Å². The molecular weight excluding hydrogens is 416 g/mol. The monoisotopic (exact) mass is 452 g/mol. The van der Waals surface area contributed by atoms with Crippen LogP contribution >= 0.6 is 0 Å². The number of rotatable bonds is 7. The van der Waals surface area contributed by atoms with Gasteiger partial charge in [-0.1, -0.05) is 41.5 Å². The highest BCUT2D eigenvalue weighted by Gasteiger charge is 2.43. The van der Waals surface area contributed by atoms with Crippen LogP contribution in [0.25, 0.3) is 0 Å². The van der Waals surface area contributed by atoms with E-state index in [9.17, 15) is 15.4 Å². The molecule has 1 unspecified atom stereocenters. The molecule has 1 rings (SSSR count). The highest BCUT2D eigenvalue weighted by atomic mass is 28.4. The van der Waals surface area contributed by atoms with Crippen LogP contribution in [0, 0.1) is 21.4 Å². The molecule has 0 aliphatic heterocycles. The van der Waals surface area contributed by atoms with E-state index in [2.05, 4.69) is 47.6 Å². The molecule has 0 aromatic heterocycles. The zero-order valence-corrected chi connectivity index (χ0v) is 22.2. The van der Waals surface area contributed by atoms with Crippen LogP contribution in [-0.2, 0) is 4.43 Å². The van der Waals surface area contributed by atoms with Gasteiger partial charge in [-0.15, -0.1) is 0 Å². The molecule has 0 heterocycles. The number of hydrogen-bond acceptors (Lipinski definition) is 6. The zero-order chi connectivity index (χ0) is 23.7. The van der Waals surface area contributed by atoms with Gasteiger partial charge in [0.05, 0.1) is 18.1 Å². The summed E-state index contributed by atoms with van der Waals surface area (Å²) in [6.45, 7) is 20.5. The van der Waals surface area contributed by atoms with Crippen LogP contribution in [-0.4, -0.2) is 28.7 Å². The van der Waals surface area contributed by atoms with Gasteiger partial charge in [-0.05, 0) is 42.3 Å². The van der Waals surface area contributed by atoms with E-state index in [0.717, 1.165) is 0 Å². The molecule has 1 atom stereocenters. The molecule has 1 aromatic carbocycles. The predicted octanol–water partition coefficient (Wildman–Crippen LogP) is 6.57. The first-order chi connectivity index (χ1) is 13.4. The maximum absolute atomic E-state index is 11.9. The van der Waals surface area contributed by atoms with Gasteiger partial charge in [0.15, 0.2) is 20.2 Å². The minimum Gasteiger partial charge on any atom is -0.536 e. The van der Waals surface area contributed by atoms with E-state index < -0.39 is 27.7 Å². The number of nitrogens with zero attached hydrogens (tertiary/aromatic N) is 2. The van der Waals surface area contributed by atoms with Crippen molar-refractivity contribution in [2.45, 2.75) is 83.9 Å². The fraction of sp³-hybridized carbons (Fsp3) is 0.667. The first-order valence-electron chi connectivity index (χ1n) is 10.0. The Bertz CT molecular complexity index is 834. The molecule has 0 amide bonds. The number of hydrogen-bond donors (Lipinski definition) is 0. The quantitative estimate of drug-likeness (QED) is 0.264. The van der Waals surface area contributed by atoms with Crippen molar-refractivity contribution >= 4 is 22.3 Å². The summed E-state index contributed by atoms with van der Waals surface area (Å²) >= 11 is 0. The zero-order valence-electron chi connectivity index (χ0n) is 20.2. The van der Waals surface area contributed by atoms with E-state index in [1.54, 1.807) is 6.07 Å². The van der Waals surface area contributed by atoms with E-state index in [0.29, 0.717) is 5.56 Å². The maximum Gasteiger partial charge on any atom is 0.313 e. The second-order valence-corrected chi connectivity index (χ2v) is 20.1. The molecule has 0 bridgehead atoms. The summed E-state index contributed by atoms with van der Waals surface area (Å²) < 4.78 is 18.0. The lowest BCUT2D eigenvalue weighted by Crippen LogP contribution is -2.44. The fourth-order valence-corrected chi connectivity index (χ4v) is 4.35. The summed E-state index contributed by atoms with van der Waals surface area (Å²) in [5.74, 6) is 0.352. The van der Waals surface area contributed by atoms with Crippen LogP contribution in [0.3, 0.4) is 0 Å². The molecule has 30 heavy (non-hydrogen) atoms. The van der Waals surface area contributed by atoms with Crippen LogP contribution in [0.15, 0.2) is 12.1 Å². The van der Waals surface area contributed by atoms with Crippen molar-refractivity contribution in [1.29, 1.82) is 5.26 Å². The Labute approximate surface area is 182 Å². The summed E-state index contributed by atoms with van der Waals surface area (Å²) in [5, 5.41) is 21.4. The topological polar surface area (TPSA) is 94.6 Å². The van der Waals surface area contributed by atoms with E-state index in [1.807, 2.05) is 26.2 Å². The summed E-state index contributed by atoms with van der Waals surface area (Å²) in [6, 6.07) is 5.16. The largest absolute Gasteiger partial charge is 0.536 e. The maximum atomic E-state index is 11.9. The molecular formula is C21H36N2O5Si2. The van der Waals surface area contributed by atoms with Crippen LogP contribution < -0.4 is 9.16 Å². The molecule has 1 aromatic rings. The normalized spacial score (nSPS) is 14.1. The Morgan fingerprint density at radius 3 is 1.90 bits per heavy atom. The van der Waals surface area contributed by atoms with Crippen molar-refractivity contribution in [3.63, 3.8) is 0 Å². The van der Waals surface area contributed by atoms with Gasteiger partial charge in [0.25, 0.3) is 8.32 Å². The minimum atomic E-state index is -2.36. The summed E-state index contributed by atoms with van der Waals surface area (Å²) in [7, 11) is -3.20. The van der Waals surface area contributed by atoms with Gasteiger partial charge in [0, 0.05) is 11.6 Å². The minimum absolute atomic E-state index is 0.108. The molecule has 0 aliphatic carbocycles. The Balaban J connectivity index is 3.58. The molecule has 7 nitrogen and oxygen atoms in total. The number of benzene rings is 1. The van der Waals surface area contributed by atoms with Crippen LogP contribution in [0.2, 0.25) is 36.3 Å². The second-order valence-electron chi connectivity index (χ2n) is 10.6. The van der Waals surface area contributed by atoms with E-state index in [1.165, 1.54) is 13.2 Å². The number of methoxy groups -OCH3 is 1. The molecule has 0 saturated carbocycles. The number of nitro groups is 1. The van der Waals surface area contributed by atoms with E-state index in [4.69, 9.17) is 13.6 Å². The van der Waals surface area contributed by atoms with Crippen molar-refractivity contribution < 1.29 is 18.5 Å². The van der Waals surface area contributed by atoms with Gasteiger partial charge < -0.3 is 13.6 Å². The van der Waals surface area contributed by atoms with E-state index in [-0.39, 0.29) is 27.3 Å². The summed E-state index contributed by atoms with van der Waals surface area (Å²) in [6.07, 6.45) is -0.930. The van der Waals surface area contributed by atoms with E-state index >= 15 is 0 Å². The number of nitriles is 1. The van der Waals surface area contributed by atoms with Crippen molar-refractivity contribution in [3.05, 3.63) is 27.8 Å². The SMILES string of the molecule is COc1cc(C(C#N)O[Si](C)(C)C(C)(C)C)cc([N+](=O)[O-])c1O[Si](C)(C)C(C)(C)C. The van der Waals surface area contributed by atoms with Crippen molar-refractivity contribution in [1.82, 2.24) is 0 Å². The van der Waals surface area contributed by atoms with Gasteiger partial charge in [-0.25, -0.2) is 0 Å². The molecule has 0 N–H and O–H groups in total. The van der Waals surface area contributed by atoms with Crippen molar-refractivity contribution in [2.75, 3.05) is 7.11 Å². The number of ether oxygens (including phenoxy) is 1. The average molecular weight is 453 g/mol. The lowest BCUT2D eigenvalue weighted by atomic mass is 10.1. The third-order valence-electron chi connectivity index (χ3n) is 6.28. The highest BCUT2D eigenvalue weighted by Crippen LogP contribution is 2.46. The van der Waals surface area contributed by atoms with Crippen LogP contribution in [0.4, 0.5) is 5.69 Å². The molecule has 168 valence electrons. The molecule has 0 spiro atoms. The molecule has 9 heteroatoms. The van der Waals surface area contributed by atoms with Gasteiger partial charge in [-0.2, -0.15) is 5.26 Å². The Morgan fingerprint density at radius 2 is 1.53 bits per heavy atom. The summed E-state index contributed by atoms with van der Waals surface area (Å²) in [4.78, 5) is 11.4. The molecule has 0 saturated heterocycles. The predicted molar refractivity (Wildman–Crippen MR) is 124 cm³/mol. The van der Waals surface area contributed by atoms with Gasteiger partial charge in [0.1, 0.15) is 0 Å². The molecule has 0 fully saturated rings. The second kappa shape index (κ2) is 8.69. The first-order valence-corrected chi connectivity index (χ1v) is 15.8. The third-order valence-corrected chi connectivity index (χ3v) is 15.0. The highest BCUT2D eigenvalue weighted by molar-refractivity contribution is 6.75. The van der Waals surface area contributed by atoms with Crippen molar-refractivity contribution in [2.24, 2.45) is 0 Å². The third kappa shape index (κ3) is 5.62. The molecule has 0 radical (unpaired) electrons. The Hall–Kier alpha value is -1.90. The number of nitro benzene ring substituents is 1.